The molecule has 7 nitrogen and oxygen atoms in total. The summed E-state index contributed by atoms with van der Waals surface area (Å²) < 4.78 is 6.63. The molecule has 0 spiro atoms. The Balaban J connectivity index is 2.11. The van der Waals surface area contributed by atoms with Gasteiger partial charge < -0.3 is 10.5 Å². The molecule has 1 amide bonds. The number of pyridine rings is 1. The lowest BCUT2D eigenvalue weighted by Gasteiger charge is -2.03. The van der Waals surface area contributed by atoms with Gasteiger partial charge in [0.25, 0.3) is 5.91 Å². The summed E-state index contributed by atoms with van der Waals surface area (Å²) >= 11 is 0. The predicted molar refractivity (Wildman–Crippen MR) is 71.3 cm³/mol. The minimum absolute atomic E-state index is 0.392. The zero-order valence-corrected chi connectivity index (χ0v) is 10.6. The second-order valence-corrected chi connectivity index (χ2v) is 4.09. The Morgan fingerprint density at radius 1 is 1.35 bits per heavy atom. The van der Waals surface area contributed by atoms with Gasteiger partial charge in [-0.2, -0.15) is 0 Å². The SMILES string of the molecule is COc1cc(-c2ncc3c(C(N)=O)ccn3n2)ccn1. The number of amides is 1. The van der Waals surface area contributed by atoms with Crippen LogP contribution in [0.15, 0.2) is 36.8 Å². The van der Waals surface area contributed by atoms with Gasteiger partial charge in [0.2, 0.25) is 5.88 Å². The smallest absolute Gasteiger partial charge is 0.251 e. The van der Waals surface area contributed by atoms with Gasteiger partial charge in [-0.15, -0.1) is 5.10 Å². The Labute approximate surface area is 114 Å². The van der Waals surface area contributed by atoms with Crippen LogP contribution in [0.1, 0.15) is 10.4 Å². The zero-order chi connectivity index (χ0) is 14.1. The molecular weight excluding hydrogens is 258 g/mol. The molecule has 0 aliphatic rings. The molecule has 0 saturated heterocycles. The molecule has 100 valence electrons. The summed E-state index contributed by atoms with van der Waals surface area (Å²) in [6.07, 6.45) is 4.85. The Morgan fingerprint density at radius 3 is 2.95 bits per heavy atom. The van der Waals surface area contributed by atoms with E-state index >= 15 is 0 Å². The number of primary amides is 1. The molecule has 3 rings (SSSR count). The first-order valence-electron chi connectivity index (χ1n) is 5.83. The van der Waals surface area contributed by atoms with Crippen LogP contribution in [0.2, 0.25) is 0 Å². The number of methoxy groups -OCH3 is 1. The molecule has 3 heterocycles. The lowest BCUT2D eigenvalue weighted by atomic mass is 10.2. The van der Waals surface area contributed by atoms with E-state index in [1.807, 2.05) is 0 Å². The molecule has 20 heavy (non-hydrogen) atoms. The van der Waals surface area contributed by atoms with Crippen LogP contribution < -0.4 is 10.5 Å². The van der Waals surface area contributed by atoms with Gasteiger partial charge >= 0.3 is 0 Å². The van der Waals surface area contributed by atoms with Gasteiger partial charge in [-0.05, 0) is 12.1 Å². The summed E-state index contributed by atoms with van der Waals surface area (Å²) in [5.74, 6) is 0.482. The molecular formula is C13H11N5O2. The van der Waals surface area contributed by atoms with Crippen molar-refractivity contribution < 1.29 is 9.53 Å². The molecule has 0 saturated carbocycles. The minimum atomic E-state index is -0.505. The van der Waals surface area contributed by atoms with Crippen LogP contribution >= 0.6 is 0 Å². The van der Waals surface area contributed by atoms with Gasteiger partial charge in [0, 0.05) is 24.0 Å². The standard InChI is InChI=1S/C13H11N5O2/c1-20-11-6-8(2-4-15-11)13-16-7-10-9(12(14)19)3-5-18(10)17-13/h2-7H,1H3,(H2,14,19). The van der Waals surface area contributed by atoms with Crippen LogP contribution in [-0.4, -0.2) is 32.6 Å². The van der Waals surface area contributed by atoms with Gasteiger partial charge in [-0.3, -0.25) is 4.79 Å². The molecule has 3 aromatic heterocycles. The van der Waals surface area contributed by atoms with E-state index in [0.29, 0.717) is 22.8 Å². The first-order valence-corrected chi connectivity index (χ1v) is 5.83. The third kappa shape index (κ3) is 1.95. The van der Waals surface area contributed by atoms with Gasteiger partial charge in [0.1, 0.15) is 0 Å². The number of aromatic nitrogens is 4. The third-order valence-electron chi connectivity index (χ3n) is 2.88. The highest BCUT2D eigenvalue weighted by atomic mass is 16.5. The van der Waals surface area contributed by atoms with Gasteiger partial charge in [-0.25, -0.2) is 14.5 Å². The van der Waals surface area contributed by atoms with Gasteiger partial charge in [-0.1, -0.05) is 0 Å². The molecule has 2 N–H and O–H groups in total. The van der Waals surface area contributed by atoms with Crippen molar-refractivity contribution in [3.8, 4) is 17.3 Å². The number of carbonyl (C=O) groups is 1. The van der Waals surface area contributed by atoms with Gasteiger partial charge in [0.05, 0.1) is 24.4 Å². The Bertz CT molecular complexity index is 796. The first-order chi connectivity index (χ1) is 9.69. The average Bonchev–Trinajstić information content (AvgIpc) is 2.90. The maximum Gasteiger partial charge on any atom is 0.251 e. The van der Waals surface area contributed by atoms with Crippen LogP contribution in [0.4, 0.5) is 0 Å². The van der Waals surface area contributed by atoms with Crippen LogP contribution in [0.5, 0.6) is 5.88 Å². The summed E-state index contributed by atoms with van der Waals surface area (Å²) in [6, 6.07) is 5.13. The molecule has 0 bridgehead atoms. The number of nitrogens with two attached hydrogens (primary N) is 1. The number of nitrogens with zero attached hydrogens (tertiary/aromatic N) is 4. The number of fused-ring (bicyclic) bond motifs is 1. The van der Waals surface area contributed by atoms with Crippen LogP contribution in [0.25, 0.3) is 16.9 Å². The van der Waals surface area contributed by atoms with E-state index in [9.17, 15) is 4.79 Å². The van der Waals surface area contributed by atoms with Crippen LogP contribution in [-0.2, 0) is 0 Å². The second-order valence-electron chi connectivity index (χ2n) is 4.09. The highest BCUT2D eigenvalue weighted by molar-refractivity contribution is 5.99. The first kappa shape index (κ1) is 12.1. The van der Waals surface area contributed by atoms with E-state index in [0.717, 1.165) is 5.56 Å². The molecule has 7 heteroatoms. The van der Waals surface area contributed by atoms with Crippen LogP contribution in [0.3, 0.4) is 0 Å². The fourth-order valence-corrected chi connectivity index (χ4v) is 1.90. The van der Waals surface area contributed by atoms with Crippen molar-refractivity contribution >= 4 is 11.4 Å². The predicted octanol–water partition coefficient (Wildman–Crippen LogP) is 0.899. The lowest BCUT2D eigenvalue weighted by Crippen LogP contribution is -2.10. The number of carbonyl (C=O) groups excluding carboxylic acids is 1. The van der Waals surface area contributed by atoms with Crippen LogP contribution in [0, 0.1) is 0 Å². The highest BCUT2D eigenvalue weighted by Gasteiger charge is 2.11. The molecule has 0 atom stereocenters. The summed E-state index contributed by atoms with van der Waals surface area (Å²) in [7, 11) is 1.54. The van der Waals surface area contributed by atoms with Crippen molar-refractivity contribution in [3.05, 3.63) is 42.4 Å². The highest BCUT2D eigenvalue weighted by Crippen LogP contribution is 2.19. The average molecular weight is 269 g/mol. The van der Waals surface area contributed by atoms with E-state index in [2.05, 4.69) is 15.1 Å². The van der Waals surface area contributed by atoms with E-state index in [-0.39, 0.29) is 0 Å². The summed E-state index contributed by atoms with van der Waals surface area (Å²) in [5, 5.41) is 4.34. The van der Waals surface area contributed by atoms with E-state index in [4.69, 9.17) is 10.5 Å². The van der Waals surface area contributed by atoms with Crippen molar-refractivity contribution in [3.63, 3.8) is 0 Å². The summed E-state index contributed by atoms with van der Waals surface area (Å²) in [5.41, 5.74) is 7.01. The zero-order valence-electron chi connectivity index (χ0n) is 10.6. The van der Waals surface area contributed by atoms with Crippen molar-refractivity contribution in [2.45, 2.75) is 0 Å². The quantitative estimate of drug-likeness (QED) is 0.762. The summed E-state index contributed by atoms with van der Waals surface area (Å²) in [6.45, 7) is 0. The molecule has 0 aromatic carbocycles. The number of hydrogen-bond donors (Lipinski definition) is 1. The van der Waals surface area contributed by atoms with Crippen molar-refractivity contribution in [2.75, 3.05) is 7.11 Å². The Hall–Kier alpha value is -2.96. The van der Waals surface area contributed by atoms with Crippen molar-refractivity contribution in [1.82, 2.24) is 19.6 Å². The minimum Gasteiger partial charge on any atom is -0.481 e. The topological polar surface area (TPSA) is 95.4 Å². The molecule has 3 aromatic rings. The fourth-order valence-electron chi connectivity index (χ4n) is 1.90. The number of rotatable bonds is 3. The molecule has 0 fully saturated rings. The molecule has 0 aliphatic carbocycles. The third-order valence-corrected chi connectivity index (χ3v) is 2.88. The molecule has 0 unspecified atom stereocenters. The van der Waals surface area contributed by atoms with E-state index < -0.39 is 5.91 Å². The Kier molecular flexibility index (Phi) is 2.79. The molecule has 0 aliphatic heterocycles. The van der Waals surface area contributed by atoms with E-state index in [1.165, 1.54) is 0 Å². The summed E-state index contributed by atoms with van der Waals surface area (Å²) in [4.78, 5) is 19.5. The Morgan fingerprint density at radius 2 is 2.20 bits per heavy atom. The number of hydrogen-bond acceptors (Lipinski definition) is 5. The maximum absolute atomic E-state index is 11.2. The second kappa shape index (κ2) is 4.61. The fraction of sp³-hybridized carbons (Fsp3) is 0.0769. The van der Waals surface area contributed by atoms with Crippen molar-refractivity contribution in [1.29, 1.82) is 0 Å². The molecule has 0 radical (unpaired) electrons. The normalized spacial score (nSPS) is 10.7. The monoisotopic (exact) mass is 269 g/mol. The van der Waals surface area contributed by atoms with Crippen molar-refractivity contribution in [2.24, 2.45) is 5.73 Å². The largest absolute Gasteiger partial charge is 0.481 e. The van der Waals surface area contributed by atoms with Gasteiger partial charge in [0.15, 0.2) is 5.82 Å². The number of ether oxygens (including phenoxy) is 1. The maximum atomic E-state index is 11.2. The lowest BCUT2D eigenvalue weighted by molar-refractivity contribution is 0.100. The van der Waals surface area contributed by atoms with E-state index in [1.54, 1.807) is 48.4 Å².